The zero-order valence-corrected chi connectivity index (χ0v) is 19.7. The molecule has 3 aromatic carbocycles. The van der Waals surface area contributed by atoms with Gasteiger partial charge in [-0.2, -0.15) is 0 Å². The number of nitrogens with one attached hydrogen (secondary N) is 3. The van der Waals surface area contributed by atoms with Gasteiger partial charge in [-0.15, -0.1) is 10.2 Å². The normalized spacial score (nSPS) is 10.5. The highest BCUT2D eigenvalue weighted by Crippen LogP contribution is 2.28. The number of carbonyl (C=O) groups excluding carboxylic acids is 2. The van der Waals surface area contributed by atoms with Crippen LogP contribution in [0.3, 0.4) is 0 Å². The average Bonchev–Trinajstić information content (AvgIpc) is 3.27. The lowest BCUT2D eigenvalue weighted by molar-refractivity contribution is -0.119. The van der Waals surface area contributed by atoms with E-state index in [1.54, 1.807) is 36.4 Å². The van der Waals surface area contributed by atoms with E-state index in [0.717, 1.165) is 16.8 Å². The van der Waals surface area contributed by atoms with Gasteiger partial charge < -0.3 is 5.32 Å². The highest BCUT2D eigenvalue weighted by atomic mass is 35.5. The van der Waals surface area contributed by atoms with E-state index in [-0.39, 0.29) is 11.7 Å². The Hall–Kier alpha value is -3.82. The summed E-state index contributed by atoms with van der Waals surface area (Å²) in [6, 6.07) is 23.6. The van der Waals surface area contributed by atoms with Crippen LogP contribution in [0.5, 0.6) is 0 Å². The first-order chi connectivity index (χ1) is 16.5. The number of urea groups is 1. The van der Waals surface area contributed by atoms with Crippen molar-refractivity contribution in [3.8, 4) is 17.1 Å². The van der Waals surface area contributed by atoms with Crippen molar-refractivity contribution < 1.29 is 9.59 Å². The van der Waals surface area contributed by atoms with Crippen LogP contribution in [0.2, 0.25) is 5.02 Å². The average molecular weight is 493 g/mol. The molecule has 34 heavy (non-hydrogen) atoms. The number of thioether (sulfide) groups is 1. The van der Waals surface area contributed by atoms with E-state index in [1.165, 1.54) is 11.8 Å². The van der Waals surface area contributed by atoms with Crippen LogP contribution in [0.4, 0.5) is 10.5 Å². The maximum atomic E-state index is 12.3. The fraction of sp³-hybridized carbons (Fsp3) is 0.0833. The van der Waals surface area contributed by atoms with Crippen LogP contribution in [0, 0.1) is 6.92 Å². The highest BCUT2D eigenvalue weighted by molar-refractivity contribution is 7.99. The molecular weight excluding hydrogens is 472 g/mol. The van der Waals surface area contributed by atoms with Crippen molar-refractivity contribution in [2.75, 3.05) is 11.1 Å². The number of anilines is 1. The van der Waals surface area contributed by atoms with Crippen molar-refractivity contribution in [2.24, 2.45) is 0 Å². The lowest BCUT2D eigenvalue weighted by atomic mass is 10.2. The van der Waals surface area contributed by atoms with E-state index in [9.17, 15) is 9.59 Å². The molecular formula is C24H21ClN6O2S. The first-order valence-corrected chi connectivity index (χ1v) is 11.7. The predicted octanol–water partition coefficient (Wildman–Crippen LogP) is 4.84. The minimum absolute atomic E-state index is 0.0240. The Labute approximate surface area is 205 Å². The van der Waals surface area contributed by atoms with E-state index in [4.69, 9.17) is 11.6 Å². The zero-order valence-electron chi connectivity index (χ0n) is 18.2. The van der Waals surface area contributed by atoms with E-state index < -0.39 is 6.03 Å². The number of halogens is 1. The lowest BCUT2D eigenvalue weighted by Gasteiger charge is -2.11. The molecule has 0 aliphatic heterocycles. The molecule has 1 heterocycles. The molecule has 1 aromatic heterocycles. The number of carbonyl (C=O) groups is 2. The Bertz CT molecular complexity index is 1280. The molecule has 8 nitrogen and oxygen atoms in total. The predicted molar refractivity (Wildman–Crippen MR) is 134 cm³/mol. The van der Waals surface area contributed by atoms with Gasteiger partial charge in [0.25, 0.3) is 0 Å². The first-order valence-electron chi connectivity index (χ1n) is 10.3. The quantitative estimate of drug-likeness (QED) is 0.264. The van der Waals surface area contributed by atoms with Gasteiger partial charge >= 0.3 is 6.03 Å². The van der Waals surface area contributed by atoms with Gasteiger partial charge in [-0.25, -0.2) is 10.2 Å². The summed E-state index contributed by atoms with van der Waals surface area (Å²) in [5.41, 5.74) is 8.17. The topological polar surface area (TPSA) is 101 Å². The van der Waals surface area contributed by atoms with Gasteiger partial charge in [0, 0.05) is 22.0 Å². The smallest absolute Gasteiger partial charge is 0.307 e. The van der Waals surface area contributed by atoms with Crippen LogP contribution in [0.25, 0.3) is 17.1 Å². The molecule has 4 rings (SSSR count). The first kappa shape index (κ1) is 23.3. The van der Waals surface area contributed by atoms with Crippen molar-refractivity contribution in [2.45, 2.75) is 12.1 Å². The van der Waals surface area contributed by atoms with Crippen LogP contribution in [0.1, 0.15) is 5.56 Å². The molecule has 0 bridgehead atoms. The SMILES string of the molecule is Cc1ccc(-n2c(SCC(=O)NNC(=O)Nc3ccccc3)nnc2-c2ccc(Cl)cc2)cc1. The molecule has 0 radical (unpaired) electrons. The molecule has 0 aliphatic rings. The summed E-state index contributed by atoms with van der Waals surface area (Å²) >= 11 is 7.24. The fourth-order valence-electron chi connectivity index (χ4n) is 3.05. The Balaban J connectivity index is 1.45. The Kier molecular flexibility index (Phi) is 7.46. The second kappa shape index (κ2) is 10.9. The second-order valence-electron chi connectivity index (χ2n) is 7.27. The van der Waals surface area contributed by atoms with Gasteiger partial charge in [0.15, 0.2) is 11.0 Å². The Morgan fingerprint density at radius 3 is 2.32 bits per heavy atom. The summed E-state index contributed by atoms with van der Waals surface area (Å²) in [7, 11) is 0. The molecule has 0 atom stereocenters. The van der Waals surface area contributed by atoms with Gasteiger partial charge in [0.1, 0.15) is 0 Å². The third kappa shape index (κ3) is 5.94. The highest BCUT2D eigenvalue weighted by Gasteiger charge is 2.17. The van der Waals surface area contributed by atoms with Crippen molar-refractivity contribution in [1.29, 1.82) is 0 Å². The molecule has 3 amide bonds. The van der Waals surface area contributed by atoms with Gasteiger partial charge in [0.05, 0.1) is 5.75 Å². The number of amides is 3. The third-order valence-corrected chi connectivity index (χ3v) is 5.89. The molecule has 172 valence electrons. The molecule has 0 fully saturated rings. The van der Waals surface area contributed by atoms with Crippen molar-refractivity contribution in [3.05, 3.63) is 89.4 Å². The van der Waals surface area contributed by atoms with E-state index in [1.807, 2.05) is 54.0 Å². The van der Waals surface area contributed by atoms with E-state index >= 15 is 0 Å². The number of hydrogen-bond donors (Lipinski definition) is 3. The molecule has 0 saturated carbocycles. The standard InChI is InChI=1S/C24H21ClN6O2S/c1-16-7-13-20(14-8-16)31-22(17-9-11-18(25)12-10-17)28-30-24(31)34-15-21(32)27-29-23(33)26-19-5-3-2-4-6-19/h2-14H,15H2,1H3,(H,27,32)(H2,26,29,33). The number of hydrazine groups is 1. The number of hydrogen-bond acceptors (Lipinski definition) is 5. The minimum Gasteiger partial charge on any atom is -0.307 e. The maximum absolute atomic E-state index is 12.3. The number of rotatable bonds is 6. The van der Waals surface area contributed by atoms with Gasteiger partial charge in [0.2, 0.25) is 5.91 Å². The second-order valence-corrected chi connectivity index (χ2v) is 8.64. The van der Waals surface area contributed by atoms with Crippen molar-refractivity contribution in [1.82, 2.24) is 25.6 Å². The van der Waals surface area contributed by atoms with E-state index in [0.29, 0.717) is 21.7 Å². The van der Waals surface area contributed by atoms with Crippen LogP contribution in [-0.2, 0) is 4.79 Å². The molecule has 0 spiro atoms. The summed E-state index contributed by atoms with van der Waals surface area (Å²) in [6.45, 7) is 2.01. The van der Waals surface area contributed by atoms with Gasteiger partial charge in [-0.3, -0.25) is 14.8 Å². The van der Waals surface area contributed by atoms with Crippen LogP contribution in [0.15, 0.2) is 84.0 Å². The summed E-state index contributed by atoms with van der Waals surface area (Å²) in [6.07, 6.45) is 0. The molecule has 10 heteroatoms. The summed E-state index contributed by atoms with van der Waals surface area (Å²) in [5, 5.41) is 12.4. The van der Waals surface area contributed by atoms with Crippen LogP contribution in [-0.4, -0.2) is 32.5 Å². The largest absolute Gasteiger partial charge is 0.337 e. The number of nitrogens with zero attached hydrogens (tertiary/aromatic N) is 3. The number of aryl methyl sites for hydroxylation is 1. The number of benzene rings is 3. The number of aromatic nitrogens is 3. The molecule has 0 unspecified atom stereocenters. The maximum Gasteiger partial charge on any atom is 0.337 e. The summed E-state index contributed by atoms with van der Waals surface area (Å²) < 4.78 is 1.89. The van der Waals surface area contributed by atoms with Crippen LogP contribution >= 0.6 is 23.4 Å². The zero-order chi connectivity index (χ0) is 23.9. The molecule has 0 aliphatic carbocycles. The fourth-order valence-corrected chi connectivity index (χ4v) is 3.93. The molecule has 0 saturated heterocycles. The summed E-state index contributed by atoms with van der Waals surface area (Å²) in [5.74, 6) is 0.263. The third-order valence-electron chi connectivity index (χ3n) is 4.71. The summed E-state index contributed by atoms with van der Waals surface area (Å²) in [4.78, 5) is 24.3. The van der Waals surface area contributed by atoms with Crippen LogP contribution < -0.4 is 16.2 Å². The van der Waals surface area contributed by atoms with Gasteiger partial charge in [-0.05, 0) is 55.5 Å². The van der Waals surface area contributed by atoms with Gasteiger partial charge in [-0.1, -0.05) is 59.3 Å². The van der Waals surface area contributed by atoms with Crippen molar-refractivity contribution >= 4 is 41.0 Å². The Morgan fingerprint density at radius 2 is 1.62 bits per heavy atom. The monoisotopic (exact) mass is 492 g/mol. The van der Waals surface area contributed by atoms with E-state index in [2.05, 4.69) is 26.4 Å². The molecule has 4 aromatic rings. The minimum atomic E-state index is -0.544. The number of para-hydroxylation sites is 1. The lowest BCUT2D eigenvalue weighted by Crippen LogP contribution is -2.44. The van der Waals surface area contributed by atoms with Crippen molar-refractivity contribution in [3.63, 3.8) is 0 Å². The molecule has 3 N–H and O–H groups in total. The Morgan fingerprint density at radius 1 is 0.912 bits per heavy atom.